The normalized spacial score (nSPS) is 11.5. The summed E-state index contributed by atoms with van der Waals surface area (Å²) in [5, 5.41) is 11.0. The minimum atomic E-state index is -0.383. The van der Waals surface area contributed by atoms with E-state index in [1.165, 1.54) is 6.07 Å². The summed E-state index contributed by atoms with van der Waals surface area (Å²) in [6.07, 6.45) is 5.47. The second kappa shape index (κ2) is 9.96. The largest absolute Gasteiger partial charge is 1.00 e. The molecular weight excluding hydrogens is 342 g/mol. The Bertz CT molecular complexity index is 678. The van der Waals surface area contributed by atoms with E-state index in [4.69, 9.17) is 4.74 Å². The molecule has 25 heavy (non-hydrogen) atoms. The number of anilines is 1. The minimum Gasteiger partial charge on any atom is -1.00 e. The van der Waals surface area contributed by atoms with Crippen LogP contribution >= 0.6 is 0 Å². The summed E-state index contributed by atoms with van der Waals surface area (Å²) in [6.45, 7) is 2.71. The molecule has 2 rings (SSSR count). The van der Waals surface area contributed by atoms with E-state index in [0.717, 1.165) is 24.1 Å². The average Bonchev–Trinajstić information content (AvgIpc) is 2.59. The Kier molecular flexibility index (Phi) is 8.31. The molecule has 136 valence electrons. The van der Waals surface area contributed by atoms with E-state index in [0.29, 0.717) is 6.61 Å². The zero-order valence-electron chi connectivity index (χ0n) is 14.8. The maximum atomic E-state index is 11.0. The third-order valence-corrected chi connectivity index (χ3v) is 3.76. The Morgan fingerprint density at radius 2 is 1.92 bits per heavy atom. The van der Waals surface area contributed by atoms with Gasteiger partial charge in [0.2, 0.25) is 0 Å². The monoisotopic (exact) mass is 365 g/mol. The van der Waals surface area contributed by atoms with Crippen molar-refractivity contribution in [3.63, 3.8) is 0 Å². The van der Waals surface area contributed by atoms with Crippen LogP contribution in [-0.2, 0) is 4.74 Å². The molecule has 0 radical (unpaired) electrons. The molecule has 0 saturated heterocycles. The van der Waals surface area contributed by atoms with Gasteiger partial charge in [-0.2, -0.15) is 4.57 Å². The van der Waals surface area contributed by atoms with Crippen molar-refractivity contribution in [2.75, 3.05) is 25.6 Å². The maximum absolute atomic E-state index is 11.0. The number of non-ortho nitro benzene ring substituents is 1. The Morgan fingerprint density at radius 1 is 1.24 bits per heavy atom. The number of nitro benzene ring substituents is 1. The lowest BCUT2D eigenvalue weighted by molar-refractivity contribution is -0.752. The molecule has 0 aliphatic rings. The summed E-state index contributed by atoms with van der Waals surface area (Å²) in [5.41, 5.74) is 1.92. The second-order valence-corrected chi connectivity index (χ2v) is 5.83. The van der Waals surface area contributed by atoms with Crippen LogP contribution in [0, 0.1) is 10.1 Å². The lowest BCUT2D eigenvalue weighted by atomic mass is 10.1. The molecule has 0 N–H and O–H groups in total. The summed E-state index contributed by atoms with van der Waals surface area (Å²) in [7, 11) is 3.96. The fourth-order valence-corrected chi connectivity index (χ4v) is 2.37. The van der Waals surface area contributed by atoms with Crippen molar-refractivity contribution in [1.82, 2.24) is 0 Å². The van der Waals surface area contributed by atoms with Gasteiger partial charge in [0.25, 0.3) is 11.9 Å². The van der Waals surface area contributed by atoms with Crippen LogP contribution in [0.2, 0.25) is 0 Å². The molecule has 1 aromatic carbocycles. The van der Waals surface area contributed by atoms with Crippen LogP contribution in [0.5, 0.6) is 0 Å². The molecule has 0 aliphatic heterocycles. The quantitative estimate of drug-likeness (QED) is 0.292. The third kappa shape index (κ3) is 5.69. The van der Waals surface area contributed by atoms with E-state index in [-0.39, 0.29) is 29.2 Å². The number of unbranched alkanes of at least 4 members (excludes halogenated alkanes) is 1. The highest BCUT2D eigenvalue weighted by molar-refractivity contribution is 5.41. The van der Waals surface area contributed by atoms with Crippen LogP contribution < -0.4 is 21.9 Å². The lowest BCUT2D eigenvalue weighted by Gasteiger charge is -2.15. The van der Waals surface area contributed by atoms with E-state index in [2.05, 4.69) is 6.92 Å². The highest BCUT2D eigenvalue weighted by atomic mass is 35.5. The Hall–Kier alpha value is -2.18. The van der Waals surface area contributed by atoms with Gasteiger partial charge in [-0.15, -0.1) is 0 Å². The molecule has 0 saturated carbocycles. The topological polar surface area (TPSA) is 59.5 Å². The van der Waals surface area contributed by atoms with Crippen molar-refractivity contribution < 1.29 is 26.6 Å². The van der Waals surface area contributed by atoms with Gasteiger partial charge in [0, 0.05) is 44.0 Å². The number of pyridine rings is 1. The smallest absolute Gasteiger partial charge is 0.289 e. The summed E-state index contributed by atoms with van der Waals surface area (Å²) in [4.78, 5) is 12.7. The molecule has 0 spiro atoms. The van der Waals surface area contributed by atoms with Gasteiger partial charge in [-0.1, -0.05) is 19.4 Å². The molecule has 0 fully saturated rings. The van der Waals surface area contributed by atoms with E-state index in [9.17, 15) is 10.1 Å². The van der Waals surface area contributed by atoms with Gasteiger partial charge in [-0.25, -0.2) is 0 Å². The Morgan fingerprint density at radius 3 is 2.48 bits per heavy atom. The van der Waals surface area contributed by atoms with Crippen LogP contribution in [0.25, 0.3) is 0 Å². The first-order chi connectivity index (χ1) is 11.5. The van der Waals surface area contributed by atoms with Crippen LogP contribution in [0.4, 0.5) is 11.4 Å². The van der Waals surface area contributed by atoms with Gasteiger partial charge >= 0.3 is 0 Å². The van der Waals surface area contributed by atoms with Crippen molar-refractivity contribution in [1.29, 1.82) is 0 Å². The molecule has 7 heteroatoms. The third-order valence-electron chi connectivity index (χ3n) is 3.76. The summed E-state index contributed by atoms with van der Waals surface area (Å²) >= 11 is 0. The van der Waals surface area contributed by atoms with E-state index in [1.807, 2.05) is 54.2 Å². The van der Waals surface area contributed by atoms with Gasteiger partial charge in [0.05, 0.1) is 17.1 Å². The van der Waals surface area contributed by atoms with Crippen LogP contribution in [0.15, 0.2) is 48.8 Å². The fraction of sp³-hybridized carbons (Fsp3) is 0.389. The first-order valence-corrected chi connectivity index (χ1v) is 8.07. The number of halogens is 1. The van der Waals surface area contributed by atoms with Gasteiger partial charge < -0.3 is 22.0 Å². The van der Waals surface area contributed by atoms with Gasteiger partial charge in [0.1, 0.15) is 0 Å². The number of nitro groups is 1. The minimum absolute atomic E-state index is 0. The van der Waals surface area contributed by atoms with Gasteiger partial charge in [-0.3, -0.25) is 10.1 Å². The molecule has 1 atom stereocenters. The molecule has 0 bridgehead atoms. The highest BCUT2D eigenvalue weighted by Gasteiger charge is 2.23. The predicted octanol–water partition coefficient (Wildman–Crippen LogP) is 0.316. The van der Waals surface area contributed by atoms with E-state index >= 15 is 0 Å². The molecule has 1 unspecified atom stereocenters. The number of ether oxygens (including phenoxy) is 1. The zero-order valence-corrected chi connectivity index (χ0v) is 15.5. The summed E-state index contributed by atoms with van der Waals surface area (Å²) < 4.78 is 7.95. The molecular formula is C18H24ClN3O3. The summed E-state index contributed by atoms with van der Waals surface area (Å²) in [5.74, 6) is 0. The number of nitrogens with zero attached hydrogens (tertiary/aromatic N) is 3. The standard InChI is InChI=1S/C18H24N3O3.ClH/c1-4-5-13-24-18(15-7-6-8-17(14-15)21(22)23)20-11-9-16(10-12-20)19(2)3;/h6-12,14,18H,4-5,13H2,1-3H3;1H/q+1;/p-1. The van der Waals surface area contributed by atoms with Crippen molar-refractivity contribution >= 4 is 11.4 Å². The SMILES string of the molecule is CCCCOC(c1cccc([N+](=O)[O-])c1)[n+]1ccc(N(C)C)cc1.[Cl-]. The number of hydrogen-bond donors (Lipinski definition) is 0. The van der Waals surface area contributed by atoms with Crippen molar-refractivity contribution in [2.24, 2.45) is 0 Å². The second-order valence-electron chi connectivity index (χ2n) is 5.83. The molecule has 1 heterocycles. The molecule has 0 amide bonds. The van der Waals surface area contributed by atoms with E-state index in [1.54, 1.807) is 12.1 Å². The highest BCUT2D eigenvalue weighted by Crippen LogP contribution is 2.21. The predicted molar refractivity (Wildman–Crippen MR) is 93.1 cm³/mol. The van der Waals surface area contributed by atoms with Crippen molar-refractivity contribution in [2.45, 2.75) is 26.0 Å². The Labute approximate surface area is 154 Å². The number of rotatable bonds is 8. The molecule has 0 aliphatic carbocycles. The average molecular weight is 366 g/mol. The fourth-order valence-electron chi connectivity index (χ4n) is 2.37. The van der Waals surface area contributed by atoms with Gasteiger partial charge in [-0.05, 0) is 12.5 Å². The van der Waals surface area contributed by atoms with Crippen LogP contribution in [0.3, 0.4) is 0 Å². The summed E-state index contributed by atoms with van der Waals surface area (Å²) in [6, 6.07) is 10.6. The number of hydrogen-bond acceptors (Lipinski definition) is 4. The first-order valence-electron chi connectivity index (χ1n) is 8.07. The van der Waals surface area contributed by atoms with Gasteiger partial charge in [0.15, 0.2) is 12.4 Å². The maximum Gasteiger partial charge on any atom is 0.289 e. The van der Waals surface area contributed by atoms with Crippen molar-refractivity contribution in [3.05, 3.63) is 64.5 Å². The van der Waals surface area contributed by atoms with Crippen LogP contribution in [0.1, 0.15) is 31.6 Å². The molecule has 1 aromatic heterocycles. The van der Waals surface area contributed by atoms with Crippen LogP contribution in [-0.4, -0.2) is 25.6 Å². The molecule has 2 aromatic rings. The van der Waals surface area contributed by atoms with E-state index < -0.39 is 0 Å². The lowest BCUT2D eigenvalue weighted by Crippen LogP contribution is -3.00. The number of benzene rings is 1. The zero-order chi connectivity index (χ0) is 17.5. The first kappa shape index (κ1) is 20.9. The number of aromatic nitrogens is 1. The molecule has 6 nitrogen and oxygen atoms in total. The Balaban J connectivity index is 0.00000312. The van der Waals surface area contributed by atoms with Crippen molar-refractivity contribution in [3.8, 4) is 0 Å².